The summed E-state index contributed by atoms with van der Waals surface area (Å²) in [5.74, 6) is -1.93. The molecule has 0 aromatic heterocycles. The first-order chi connectivity index (χ1) is 5.11. The van der Waals surface area contributed by atoms with E-state index in [9.17, 15) is 9.18 Å². The number of carboxylic acids is 1. The molecule has 0 aliphatic heterocycles. The molecule has 0 heterocycles. The molecule has 0 aliphatic rings. The lowest BCUT2D eigenvalue weighted by molar-refractivity contribution is 0.0692. The molecule has 1 aromatic carbocycles. The van der Waals surface area contributed by atoms with Crippen LogP contribution in [-0.4, -0.2) is 11.1 Å². The third kappa shape index (κ3) is 1.89. The van der Waals surface area contributed by atoms with E-state index >= 15 is 0 Å². The van der Waals surface area contributed by atoms with Crippen LogP contribution < -0.4 is 0 Å². The van der Waals surface area contributed by atoms with Gasteiger partial charge in [0.25, 0.3) is 0 Å². The van der Waals surface area contributed by atoms with Crippen molar-refractivity contribution in [2.24, 2.45) is 0 Å². The molecule has 0 spiro atoms. The Bertz CT molecular complexity index is 298. The van der Waals surface area contributed by atoms with Gasteiger partial charge in [-0.3, -0.25) is 0 Å². The van der Waals surface area contributed by atoms with Crippen molar-refractivity contribution < 1.29 is 14.3 Å². The number of rotatable bonds is 1. The van der Waals surface area contributed by atoms with Crippen LogP contribution in [0.5, 0.6) is 0 Å². The van der Waals surface area contributed by atoms with Crippen LogP contribution >= 0.6 is 22.6 Å². The van der Waals surface area contributed by atoms with Crippen molar-refractivity contribution in [3.8, 4) is 0 Å². The van der Waals surface area contributed by atoms with Crippen molar-refractivity contribution in [1.29, 1.82) is 0 Å². The second-order valence-corrected chi connectivity index (χ2v) is 3.17. The Morgan fingerprint density at radius 1 is 1.55 bits per heavy atom. The molecule has 0 unspecified atom stereocenters. The van der Waals surface area contributed by atoms with Gasteiger partial charge >= 0.3 is 5.97 Å². The maximum Gasteiger partial charge on any atom is 0.338 e. The van der Waals surface area contributed by atoms with Crippen molar-refractivity contribution in [2.45, 2.75) is 0 Å². The Hall–Kier alpha value is -0.650. The number of halogens is 2. The van der Waals surface area contributed by atoms with Crippen LogP contribution in [0, 0.1) is 9.39 Å². The molecule has 1 N–H and O–H groups in total. The minimum absolute atomic E-state index is 0.281. The molecule has 0 amide bonds. The Kier molecular flexibility index (Phi) is 2.43. The summed E-state index contributed by atoms with van der Waals surface area (Å²) in [5.41, 5.74) is -0.281. The lowest BCUT2D eigenvalue weighted by atomic mass is 10.3. The lowest BCUT2D eigenvalue weighted by Crippen LogP contribution is -2.00. The van der Waals surface area contributed by atoms with Crippen LogP contribution in [0.1, 0.15) is 10.4 Å². The standard InChI is InChI=1S/C7H4FIO2/c8-6-2-1-4(9)3-5(6)7(10)11/h1-3H,(H,10,11)/i7+1. The number of hydrogen-bond acceptors (Lipinski definition) is 1. The van der Waals surface area contributed by atoms with E-state index in [2.05, 4.69) is 0 Å². The Morgan fingerprint density at radius 3 is 2.64 bits per heavy atom. The van der Waals surface area contributed by atoms with Crippen molar-refractivity contribution in [3.05, 3.63) is 33.1 Å². The van der Waals surface area contributed by atoms with E-state index in [1.165, 1.54) is 12.1 Å². The summed E-state index contributed by atoms with van der Waals surface area (Å²) in [6, 6.07) is 3.95. The average Bonchev–Trinajstić information content (AvgIpc) is 1.94. The second kappa shape index (κ2) is 3.17. The monoisotopic (exact) mass is 267 g/mol. The Labute approximate surface area is 76.2 Å². The van der Waals surface area contributed by atoms with Crippen LogP contribution in [0.25, 0.3) is 0 Å². The molecule has 0 bridgehead atoms. The molecule has 4 heteroatoms. The average molecular weight is 267 g/mol. The van der Waals surface area contributed by atoms with Gasteiger partial charge in [0.05, 0.1) is 5.56 Å². The first-order valence-corrected chi connectivity index (χ1v) is 3.87. The van der Waals surface area contributed by atoms with Gasteiger partial charge in [-0.15, -0.1) is 0 Å². The van der Waals surface area contributed by atoms with Crippen LogP contribution in [0.3, 0.4) is 0 Å². The largest absolute Gasteiger partial charge is 0.478 e. The molecule has 0 saturated carbocycles. The number of carboxylic acid groups (broad SMARTS) is 1. The highest BCUT2D eigenvalue weighted by Crippen LogP contribution is 2.11. The minimum atomic E-state index is -1.24. The summed E-state index contributed by atoms with van der Waals surface area (Å²) < 4.78 is 13.3. The van der Waals surface area contributed by atoms with Crippen LogP contribution in [0.2, 0.25) is 0 Å². The maximum atomic E-state index is 12.6. The molecule has 1 rings (SSSR count). The number of hydrogen-bond donors (Lipinski definition) is 1. The number of aromatic carboxylic acids is 1. The Balaban J connectivity index is 3.23. The summed E-state index contributed by atoms with van der Waals surface area (Å²) >= 11 is 1.93. The van der Waals surface area contributed by atoms with E-state index in [0.717, 1.165) is 6.07 Å². The second-order valence-electron chi connectivity index (χ2n) is 1.93. The predicted octanol–water partition coefficient (Wildman–Crippen LogP) is 2.13. The van der Waals surface area contributed by atoms with Crippen molar-refractivity contribution in [1.82, 2.24) is 0 Å². The third-order valence-electron chi connectivity index (χ3n) is 1.16. The van der Waals surface area contributed by atoms with E-state index in [-0.39, 0.29) is 5.56 Å². The molecule has 2 nitrogen and oxygen atoms in total. The van der Waals surface area contributed by atoms with Crippen LogP contribution in [0.15, 0.2) is 18.2 Å². The molecular weight excluding hydrogens is 263 g/mol. The van der Waals surface area contributed by atoms with Gasteiger partial charge in [0.2, 0.25) is 0 Å². The molecule has 0 aliphatic carbocycles. The SMILES string of the molecule is O=[13C](O)c1cc(I)ccc1F. The highest BCUT2D eigenvalue weighted by molar-refractivity contribution is 14.1. The molecule has 11 heavy (non-hydrogen) atoms. The van der Waals surface area contributed by atoms with E-state index in [1.807, 2.05) is 22.6 Å². The summed E-state index contributed by atoms with van der Waals surface area (Å²) in [7, 11) is 0. The van der Waals surface area contributed by atoms with Gasteiger partial charge in [-0.05, 0) is 40.8 Å². The summed E-state index contributed by atoms with van der Waals surface area (Å²) in [6.45, 7) is 0. The fraction of sp³-hybridized carbons (Fsp3) is 0. The molecule has 0 saturated heterocycles. The van der Waals surface area contributed by atoms with Gasteiger partial charge in [-0.2, -0.15) is 0 Å². The molecule has 0 atom stereocenters. The van der Waals surface area contributed by atoms with Gasteiger partial charge in [0.1, 0.15) is 5.82 Å². The smallest absolute Gasteiger partial charge is 0.338 e. The Morgan fingerprint density at radius 2 is 2.18 bits per heavy atom. The molecule has 0 radical (unpaired) electrons. The van der Waals surface area contributed by atoms with Gasteiger partial charge < -0.3 is 5.11 Å². The highest BCUT2D eigenvalue weighted by Gasteiger charge is 2.08. The van der Waals surface area contributed by atoms with Gasteiger partial charge in [-0.25, -0.2) is 9.18 Å². The van der Waals surface area contributed by atoms with Crippen LogP contribution in [0.4, 0.5) is 4.39 Å². The van der Waals surface area contributed by atoms with Crippen molar-refractivity contribution in [3.63, 3.8) is 0 Å². The predicted molar refractivity (Wildman–Crippen MR) is 46.1 cm³/mol. The van der Waals surface area contributed by atoms with E-state index in [1.54, 1.807) is 0 Å². The van der Waals surface area contributed by atoms with E-state index in [0.29, 0.717) is 3.57 Å². The topological polar surface area (TPSA) is 37.3 Å². The number of carbonyl (C=O) groups is 1. The fourth-order valence-corrected chi connectivity index (χ4v) is 1.15. The summed E-state index contributed by atoms with van der Waals surface area (Å²) in [4.78, 5) is 10.3. The first kappa shape index (κ1) is 8.45. The van der Waals surface area contributed by atoms with Crippen LogP contribution in [-0.2, 0) is 0 Å². The van der Waals surface area contributed by atoms with Gasteiger partial charge in [-0.1, -0.05) is 0 Å². The zero-order valence-electron chi connectivity index (χ0n) is 5.34. The third-order valence-corrected chi connectivity index (χ3v) is 1.83. The van der Waals surface area contributed by atoms with E-state index < -0.39 is 11.8 Å². The first-order valence-electron chi connectivity index (χ1n) is 2.79. The summed E-state index contributed by atoms with van der Waals surface area (Å²) in [5, 5.41) is 8.45. The minimum Gasteiger partial charge on any atom is -0.478 e. The van der Waals surface area contributed by atoms with Crippen molar-refractivity contribution in [2.75, 3.05) is 0 Å². The van der Waals surface area contributed by atoms with Crippen molar-refractivity contribution >= 4 is 28.6 Å². The molecule has 1 aromatic rings. The highest BCUT2D eigenvalue weighted by atomic mass is 127. The zero-order chi connectivity index (χ0) is 8.43. The van der Waals surface area contributed by atoms with E-state index in [4.69, 9.17) is 5.11 Å². The quantitative estimate of drug-likeness (QED) is 0.625. The molecule has 58 valence electrons. The summed E-state index contributed by atoms with van der Waals surface area (Å²) in [6.07, 6.45) is 0. The normalized spacial score (nSPS) is 9.64. The zero-order valence-corrected chi connectivity index (χ0v) is 7.50. The lowest BCUT2D eigenvalue weighted by Gasteiger charge is -1.96. The molecular formula is C7H4FIO2. The maximum absolute atomic E-state index is 12.6. The van der Waals surface area contributed by atoms with Gasteiger partial charge in [0.15, 0.2) is 0 Å². The molecule has 0 fully saturated rings. The number of benzene rings is 1. The fourth-order valence-electron chi connectivity index (χ4n) is 0.661. The van der Waals surface area contributed by atoms with Gasteiger partial charge in [0, 0.05) is 3.57 Å².